The molecule has 0 radical (unpaired) electrons. The van der Waals surface area contributed by atoms with Gasteiger partial charge >= 0.3 is 18.5 Å². The standard InChI is InChI=1S/C33H50O11/c1-18(27-40-16-31(2,3)17-41-27)21-9-10-22-26-23(11-12-32(21,22)4)33(5)19(14-24(26)43-29(35)38-7)13-20(42-28(34)37-6)15-25(33)44-30(36)39-8/h14,18,20-27H,9-13,15-17H2,1-8H3/t18?,20?,21-,22+,23+,24?,25?,26+,32-,33+/m1/s1. The van der Waals surface area contributed by atoms with Gasteiger partial charge in [-0.15, -0.1) is 0 Å². The van der Waals surface area contributed by atoms with Crippen molar-refractivity contribution in [3.05, 3.63) is 11.6 Å². The second-order valence-electron chi connectivity index (χ2n) is 14.7. The number of rotatable bonds is 5. The SMILES string of the molecule is COC(=O)OC1CC2=CC(OC(=O)OC)[C@H]3[C@@H]4CC[C@H](C(C)C5OCC(C)(C)CO5)[C@@]4(C)CC[C@@H]3[C@@]2(C)C(OC(=O)OC)C1. The maximum absolute atomic E-state index is 12.6. The van der Waals surface area contributed by atoms with E-state index < -0.39 is 42.2 Å². The molecule has 11 nitrogen and oxygen atoms in total. The maximum atomic E-state index is 12.6. The molecule has 44 heavy (non-hydrogen) atoms. The van der Waals surface area contributed by atoms with Crippen LogP contribution in [0.25, 0.3) is 0 Å². The van der Waals surface area contributed by atoms with Crippen molar-refractivity contribution in [1.29, 1.82) is 0 Å². The Labute approximate surface area is 260 Å². The van der Waals surface area contributed by atoms with Gasteiger partial charge in [0.1, 0.15) is 18.3 Å². The first-order chi connectivity index (χ1) is 20.8. The second kappa shape index (κ2) is 12.3. The van der Waals surface area contributed by atoms with Crippen molar-refractivity contribution >= 4 is 18.5 Å². The van der Waals surface area contributed by atoms with E-state index in [1.165, 1.54) is 21.3 Å². The van der Waals surface area contributed by atoms with Gasteiger partial charge in [-0.1, -0.05) is 40.2 Å². The first-order valence-corrected chi connectivity index (χ1v) is 16.0. The molecule has 0 spiro atoms. The second-order valence-corrected chi connectivity index (χ2v) is 14.7. The summed E-state index contributed by atoms with van der Waals surface area (Å²) < 4.78 is 44.7. The van der Waals surface area contributed by atoms with E-state index in [0.717, 1.165) is 31.3 Å². The normalized spacial score (nSPS) is 40.2. The molecule has 1 aliphatic heterocycles. The highest BCUT2D eigenvalue weighted by molar-refractivity contribution is 5.61. The zero-order chi connectivity index (χ0) is 32.0. The molecule has 4 unspecified atom stereocenters. The average Bonchev–Trinajstić information content (AvgIpc) is 3.34. The summed E-state index contributed by atoms with van der Waals surface area (Å²) in [6, 6.07) is 0. The highest BCUT2D eigenvalue weighted by Crippen LogP contribution is 2.68. The fraction of sp³-hybridized carbons (Fsp3) is 0.848. The molecule has 0 bridgehead atoms. The Kier molecular flexibility index (Phi) is 9.22. The molecule has 0 aromatic heterocycles. The van der Waals surface area contributed by atoms with Crippen LogP contribution in [0.3, 0.4) is 0 Å². The molecular weight excluding hydrogens is 572 g/mol. The van der Waals surface area contributed by atoms with E-state index in [9.17, 15) is 14.4 Å². The van der Waals surface area contributed by atoms with E-state index in [2.05, 4.69) is 34.6 Å². The van der Waals surface area contributed by atoms with E-state index >= 15 is 0 Å². The van der Waals surface area contributed by atoms with Gasteiger partial charge in [0.05, 0.1) is 34.5 Å². The third kappa shape index (κ3) is 5.79. The van der Waals surface area contributed by atoms with Crippen LogP contribution in [0.15, 0.2) is 11.6 Å². The van der Waals surface area contributed by atoms with Gasteiger partial charge in [0, 0.05) is 35.5 Å². The number of hydrogen-bond acceptors (Lipinski definition) is 11. The van der Waals surface area contributed by atoms with Crippen LogP contribution < -0.4 is 0 Å². The molecule has 5 rings (SSSR count). The van der Waals surface area contributed by atoms with Crippen LogP contribution in [0.2, 0.25) is 0 Å². The van der Waals surface area contributed by atoms with E-state index in [1.54, 1.807) is 0 Å². The summed E-state index contributed by atoms with van der Waals surface area (Å²) in [5, 5.41) is 0. The van der Waals surface area contributed by atoms with Gasteiger partial charge < -0.3 is 37.9 Å². The summed E-state index contributed by atoms with van der Waals surface area (Å²) in [5.74, 6) is 0.793. The molecular formula is C33H50O11. The molecule has 4 aliphatic carbocycles. The minimum absolute atomic E-state index is 0.000129. The Hall–Kier alpha value is -2.53. The molecule has 0 N–H and O–H groups in total. The van der Waals surface area contributed by atoms with Crippen LogP contribution in [-0.2, 0) is 37.9 Å². The molecule has 248 valence electrons. The van der Waals surface area contributed by atoms with Gasteiger partial charge in [-0.25, -0.2) is 14.4 Å². The van der Waals surface area contributed by atoms with Gasteiger partial charge in [0.25, 0.3) is 0 Å². The highest BCUT2D eigenvalue weighted by Gasteiger charge is 2.65. The van der Waals surface area contributed by atoms with E-state index in [1.807, 2.05) is 6.08 Å². The third-order valence-electron chi connectivity index (χ3n) is 11.8. The lowest BCUT2D eigenvalue weighted by atomic mass is 9.45. The number of fused-ring (bicyclic) bond motifs is 5. The van der Waals surface area contributed by atoms with Crippen molar-refractivity contribution < 1.29 is 52.3 Å². The Bertz CT molecular complexity index is 1120. The van der Waals surface area contributed by atoms with Crippen LogP contribution in [0, 0.1) is 45.8 Å². The van der Waals surface area contributed by atoms with E-state index in [-0.39, 0.29) is 40.8 Å². The van der Waals surface area contributed by atoms with Gasteiger partial charge in [-0.05, 0) is 54.9 Å². The topological polar surface area (TPSA) is 125 Å². The number of hydrogen-bond donors (Lipinski definition) is 0. The first-order valence-electron chi connectivity index (χ1n) is 16.0. The lowest BCUT2D eigenvalue weighted by Crippen LogP contribution is -2.60. The minimum atomic E-state index is -0.805. The fourth-order valence-electron chi connectivity index (χ4n) is 9.61. The average molecular weight is 623 g/mol. The smallest absolute Gasteiger partial charge is 0.438 e. The fourth-order valence-corrected chi connectivity index (χ4v) is 9.61. The number of carbonyl (C=O) groups is 3. The van der Waals surface area contributed by atoms with Gasteiger partial charge in [0.2, 0.25) is 0 Å². The Balaban J connectivity index is 1.49. The quantitative estimate of drug-likeness (QED) is 0.196. The molecule has 1 heterocycles. The maximum Gasteiger partial charge on any atom is 0.508 e. The van der Waals surface area contributed by atoms with E-state index in [0.29, 0.717) is 32.0 Å². The predicted octanol–water partition coefficient (Wildman–Crippen LogP) is 6.28. The summed E-state index contributed by atoms with van der Waals surface area (Å²) in [4.78, 5) is 37.2. The van der Waals surface area contributed by atoms with Gasteiger partial charge in [-0.2, -0.15) is 0 Å². The third-order valence-corrected chi connectivity index (χ3v) is 11.8. The van der Waals surface area contributed by atoms with Crippen molar-refractivity contribution in [2.75, 3.05) is 34.5 Å². The largest absolute Gasteiger partial charge is 0.508 e. The Morgan fingerprint density at radius 2 is 1.45 bits per heavy atom. The van der Waals surface area contributed by atoms with Crippen molar-refractivity contribution in [2.24, 2.45) is 45.8 Å². The first kappa shape index (κ1) is 32.9. The lowest BCUT2D eigenvalue weighted by molar-refractivity contribution is -0.253. The molecule has 5 aliphatic rings. The van der Waals surface area contributed by atoms with Crippen LogP contribution in [-0.4, -0.2) is 77.6 Å². The van der Waals surface area contributed by atoms with Crippen molar-refractivity contribution in [2.45, 2.75) is 97.7 Å². The van der Waals surface area contributed by atoms with Crippen molar-refractivity contribution in [3.8, 4) is 0 Å². The lowest BCUT2D eigenvalue weighted by Gasteiger charge is -2.61. The summed E-state index contributed by atoms with van der Waals surface area (Å²) in [6.45, 7) is 12.4. The van der Waals surface area contributed by atoms with Crippen LogP contribution >= 0.6 is 0 Å². The summed E-state index contributed by atoms with van der Waals surface area (Å²) >= 11 is 0. The zero-order valence-electron chi connectivity index (χ0n) is 27.4. The summed E-state index contributed by atoms with van der Waals surface area (Å²) in [7, 11) is 3.85. The zero-order valence-corrected chi connectivity index (χ0v) is 27.4. The van der Waals surface area contributed by atoms with Gasteiger partial charge in [0.15, 0.2) is 6.29 Å². The molecule has 3 saturated carbocycles. The van der Waals surface area contributed by atoms with Crippen molar-refractivity contribution in [3.63, 3.8) is 0 Å². The molecule has 4 fully saturated rings. The van der Waals surface area contributed by atoms with Crippen LogP contribution in [0.5, 0.6) is 0 Å². The van der Waals surface area contributed by atoms with Crippen molar-refractivity contribution in [1.82, 2.24) is 0 Å². The number of methoxy groups -OCH3 is 3. The minimum Gasteiger partial charge on any atom is -0.438 e. The predicted molar refractivity (Wildman–Crippen MR) is 156 cm³/mol. The number of carbonyl (C=O) groups excluding carboxylic acids is 3. The monoisotopic (exact) mass is 622 g/mol. The van der Waals surface area contributed by atoms with Crippen LogP contribution in [0.4, 0.5) is 14.4 Å². The Morgan fingerprint density at radius 3 is 2.09 bits per heavy atom. The molecule has 1 saturated heterocycles. The van der Waals surface area contributed by atoms with E-state index in [4.69, 9.17) is 37.9 Å². The highest BCUT2D eigenvalue weighted by atomic mass is 16.7. The molecule has 0 aromatic rings. The van der Waals surface area contributed by atoms with Gasteiger partial charge in [-0.3, -0.25) is 0 Å². The summed E-state index contributed by atoms with van der Waals surface area (Å²) in [6.07, 6.45) is 2.18. The molecule has 11 heteroatoms. The Morgan fingerprint density at radius 1 is 0.841 bits per heavy atom. The number of ether oxygens (including phenoxy) is 8. The van der Waals surface area contributed by atoms with Crippen LogP contribution in [0.1, 0.15) is 73.1 Å². The molecule has 0 amide bonds. The molecule has 10 atom stereocenters. The molecule has 0 aromatic carbocycles. The summed E-state index contributed by atoms with van der Waals surface area (Å²) in [5.41, 5.74) is 0.306.